The SMILES string of the molecule is CS(=O)(=O)ON(CS(=O)[O-])CS(=O)[O-].[Na+].[Na+].[Na+]. The molecule has 2 unspecified atom stereocenters. The van der Waals surface area contributed by atoms with Gasteiger partial charge in [-0.3, -0.25) is 8.42 Å². The van der Waals surface area contributed by atoms with Crippen LogP contribution in [0.1, 0.15) is 0 Å². The Balaban J connectivity index is -0.000000282. The number of hydrogen-bond donors (Lipinski definition) is 0. The van der Waals surface area contributed by atoms with E-state index >= 15 is 0 Å². The van der Waals surface area contributed by atoms with Crippen LogP contribution in [0.4, 0.5) is 0 Å². The van der Waals surface area contributed by atoms with E-state index in [0.717, 1.165) is 0 Å². The fourth-order valence-corrected chi connectivity index (χ4v) is 2.00. The van der Waals surface area contributed by atoms with Gasteiger partial charge < -0.3 is 9.11 Å². The van der Waals surface area contributed by atoms with E-state index in [1.165, 1.54) is 0 Å². The zero-order valence-corrected chi connectivity index (χ0v) is 18.4. The second-order valence-electron chi connectivity index (χ2n) is 2.13. The molecule has 2 atom stereocenters. The summed E-state index contributed by atoms with van der Waals surface area (Å²) in [5, 5.41) is 0.293. The predicted octanol–water partition coefficient (Wildman–Crippen LogP) is -11.1. The van der Waals surface area contributed by atoms with Crippen LogP contribution in [0.5, 0.6) is 0 Å². The number of nitrogens with zero attached hydrogens (tertiary/aromatic N) is 1. The van der Waals surface area contributed by atoms with Gasteiger partial charge in [-0.05, 0) is 22.2 Å². The van der Waals surface area contributed by atoms with Crippen molar-refractivity contribution in [1.29, 1.82) is 0 Å². The minimum Gasteiger partial charge on any atom is -0.771 e. The summed E-state index contributed by atoms with van der Waals surface area (Å²) in [6.45, 7) is 0. The topological polar surface area (TPSA) is 127 Å². The molecule has 86 valence electrons. The van der Waals surface area contributed by atoms with Crippen LogP contribution >= 0.6 is 0 Å². The van der Waals surface area contributed by atoms with E-state index in [9.17, 15) is 25.9 Å². The standard InChI is InChI=1S/C3H9NO7S3.3Na/c1-14(9,10)11-4(2-12(5)6)3-13(7)8;;;/h2-3H2,1H3,(H,5,6)(H,7,8);;;/q;3*+1/p-2. The van der Waals surface area contributed by atoms with Crippen LogP contribution in [0.2, 0.25) is 0 Å². The van der Waals surface area contributed by atoms with Gasteiger partial charge in [0.2, 0.25) is 0 Å². The van der Waals surface area contributed by atoms with Crippen LogP contribution < -0.4 is 88.7 Å². The molecule has 0 amide bonds. The Bertz CT molecular complexity index is 319. The maximum Gasteiger partial charge on any atom is 1.00 e. The Morgan fingerprint density at radius 2 is 1.35 bits per heavy atom. The largest absolute Gasteiger partial charge is 1.00 e. The van der Waals surface area contributed by atoms with Crippen molar-refractivity contribution in [1.82, 2.24) is 5.06 Å². The van der Waals surface area contributed by atoms with Crippen molar-refractivity contribution in [2.24, 2.45) is 0 Å². The Labute approximate surface area is 171 Å². The molecule has 17 heavy (non-hydrogen) atoms. The van der Waals surface area contributed by atoms with Gasteiger partial charge >= 0.3 is 88.7 Å². The molecule has 0 aliphatic heterocycles. The molecule has 0 rings (SSSR count). The molecule has 0 fully saturated rings. The van der Waals surface area contributed by atoms with Crippen LogP contribution in [-0.4, -0.2) is 49.0 Å². The maximum absolute atomic E-state index is 10.5. The first-order chi connectivity index (χ1) is 6.20. The summed E-state index contributed by atoms with van der Waals surface area (Å²) in [6.07, 6.45) is 0.668. The molecule has 0 radical (unpaired) electrons. The van der Waals surface area contributed by atoms with Crippen LogP contribution in [0.25, 0.3) is 0 Å². The Morgan fingerprint density at radius 1 is 1.06 bits per heavy atom. The van der Waals surface area contributed by atoms with Crippen LogP contribution in [0, 0.1) is 0 Å². The van der Waals surface area contributed by atoms with E-state index in [4.69, 9.17) is 0 Å². The summed E-state index contributed by atoms with van der Waals surface area (Å²) in [7, 11) is -3.94. The molecular weight excluding hydrogens is 327 g/mol. The summed E-state index contributed by atoms with van der Waals surface area (Å²) in [6, 6.07) is 0. The minimum absolute atomic E-state index is 0. The average molecular weight is 334 g/mol. The number of hydroxylamine groups is 2. The molecule has 0 heterocycles. The van der Waals surface area contributed by atoms with Gasteiger partial charge in [-0.25, -0.2) is 0 Å². The molecular formula is C3H7NNa3O7S3+. The Morgan fingerprint density at radius 3 is 1.53 bits per heavy atom. The molecule has 0 saturated heterocycles. The van der Waals surface area contributed by atoms with E-state index in [1.807, 2.05) is 0 Å². The van der Waals surface area contributed by atoms with Crippen LogP contribution in [0.3, 0.4) is 0 Å². The second kappa shape index (κ2) is 14.0. The summed E-state index contributed by atoms with van der Waals surface area (Å²) < 4.78 is 65.8. The summed E-state index contributed by atoms with van der Waals surface area (Å²) in [5.74, 6) is -1.69. The molecule has 0 bridgehead atoms. The third-order valence-electron chi connectivity index (χ3n) is 0.740. The quantitative estimate of drug-likeness (QED) is 0.266. The maximum atomic E-state index is 10.5. The molecule has 8 nitrogen and oxygen atoms in total. The summed E-state index contributed by atoms with van der Waals surface area (Å²) in [4.78, 5) is 0. The molecule has 0 aliphatic carbocycles. The van der Waals surface area contributed by atoms with Gasteiger partial charge in [0.1, 0.15) is 0 Å². The molecule has 0 aromatic rings. The van der Waals surface area contributed by atoms with E-state index in [1.54, 1.807) is 0 Å². The number of hydrogen-bond acceptors (Lipinski definition) is 8. The normalized spacial score (nSPS) is 13.9. The molecule has 0 aromatic carbocycles. The van der Waals surface area contributed by atoms with E-state index in [-0.39, 0.29) is 88.7 Å². The molecule has 0 aliphatic rings. The molecule has 0 saturated carbocycles. The van der Waals surface area contributed by atoms with E-state index in [2.05, 4.69) is 4.28 Å². The second-order valence-corrected chi connectivity index (χ2v) is 5.41. The van der Waals surface area contributed by atoms with Crippen molar-refractivity contribution in [3.63, 3.8) is 0 Å². The van der Waals surface area contributed by atoms with Crippen molar-refractivity contribution in [2.75, 3.05) is 18.0 Å². The smallest absolute Gasteiger partial charge is 0.771 e. The first kappa shape index (κ1) is 28.3. The third kappa shape index (κ3) is 21.5. The fraction of sp³-hybridized carbons (Fsp3) is 1.00. The van der Waals surface area contributed by atoms with Gasteiger partial charge in [0.05, 0.1) is 18.0 Å². The fourth-order valence-electron chi connectivity index (χ4n) is 0.507. The zero-order valence-electron chi connectivity index (χ0n) is 9.94. The summed E-state index contributed by atoms with van der Waals surface area (Å²) >= 11 is -5.27. The molecule has 14 heteroatoms. The molecule has 0 spiro atoms. The van der Waals surface area contributed by atoms with Gasteiger partial charge in [0.25, 0.3) is 10.1 Å². The molecule has 0 aromatic heterocycles. The third-order valence-corrected chi connectivity index (χ3v) is 2.22. The Kier molecular flexibility index (Phi) is 23.4. The van der Waals surface area contributed by atoms with Gasteiger partial charge in [-0.15, -0.1) is 5.06 Å². The first-order valence-electron chi connectivity index (χ1n) is 2.97. The van der Waals surface area contributed by atoms with Gasteiger partial charge in [0.15, 0.2) is 0 Å². The average Bonchev–Trinajstić information content (AvgIpc) is 1.77. The van der Waals surface area contributed by atoms with Crippen molar-refractivity contribution in [3.05, 3.63) is 0 Å². The van der Waals surface area contributed by atoms with Gasteiger partial charge in [0, 0.05) is 0 Å². The van der Waals surface area contributed by atoms with Gasteiger partial charge in [-0.1, -0.05) is 0 Å². The van der Waals surface area contributed by atoms with Crippen molar-refractivity contribution >= 4 is 32.3 Å². The predicted molar refractivity (Wildman–Crippen MR) is 45.3 cm³/mol. The monoisotopic (exact) mass is 334 g/mol. The minimum atomic E-state index is -3.94. The summed E-state index contributed by atoms with van der Waals surface area (Å²) in [5.41, 5.74) is 0. The van der Waals surface area contributed by atoms with Gasteiger partial charge in [-0.2, -0.15) is 12.7 Å². The Hall–Kier alpha value is 3.09. The zero-order chi connectivity index (χ0) is 11.4. The van der Waals surface area contributed by atoms with E-state index < -0.39 is 44.0 Å². The molecule has 0 N–H and O–H groups in total. The van der Waals surface area contributed by atoms with Crippen molar-refractivity contribution in [3.8, 4) is 0 Å². The number of rotatable bonds is 6. The van der Waals surface area contributed by atoms with Crippen molar-refractivity contribution < 1.29 is 119 Å². The van der Waals surface area contributed by atoms with Crippen LogP contribution in [0.15, 0.2) is 0 Å². The first-order valence-corrected chi connectivity index (χ1v) is 7.27. The van der Waals surface area contributed by atoms with Crippen LogP contribution in [-0.2, 0) is 36.6 Å². The van der Waals surface area contributed by atoms with E-state index in [0.29, 0.717) is 11.3 Å². The van der Waals surface area contributed by atoms with Crippen molar-refractivity contribution in [2.45, 2.75) is 0 Å².